The molecule has 0 fully saturated rings. The van der Waals surface area contributed by atoms with Crippen molar-refractivity contribution >= 4 is 23.3 Å². The Morgan fingerprint density at radius 1 is 1.17 bits per heavy atom. The number of hydrogen-bond acceptors (Lipinski definition) is 5. The van der Waals surface area contributed by atoms with Crippen LogP contribution in [0.2, 0.25) is 0 Å². The lowest BCUT2D eigenvalue weighted by Gasteiger charge is -2.07. The molecule has 0 aliphatic rings. The number of nitro benzene ring substituents is 1. The Kier molecular flexibility index (Phi) is 5.03. The first-order valence-electron chi connectivity index (χ1n) is 6.74. The van der Waals surface area contributed by atoms with Crippen molar-refractivity contribution in [3.63, 3.8) is 0 Å². The molecule has 2 aromatic rings. The summed E-state index contributed by atoms with van der Waals surface area (Å²) >= 11 is 0. The van der Waals surface area contributed by atoms with Crippen LogP contribution < -0.4 is 5.32 Å². The summed E-state index contributed by atoms with van der Waals surface area (Å²) in [5.74, 6) is -1.19. The third kappa shape index (κ3) is 4.37. The number of carbonyl (C=O) groups excluding carboxylic acids is 2. The van der Waals surface area contributed by atoms with Gasteiger partial charge in [0.15, 0.2) is 6.61 Å². The number of rotatable bonds is 5. The van der Waals surface area contributed by atoms with Gasteiger partial charge in [-0.3, -0.25) is 14.9 Å². The van der Waals surface area contributed by atoms with Crippen LogP contribution in [0.15, 0.2) is 48.5 Å². The highest BCUT2D eigenvalue weighted by Gasteiger charge is 2.15. The minimum atomic E-state index is -0.716. The molecule has 0 radical (unpaired) electrons. The van der Waals surface area contributed by atoms with Gasteiger partial charge in [-0.05, 0) is 31.2 Å². The van der Waals surface area contributed by atoms with E-state index in [0.717, 1.165) is 0 Å². The van der Waals surface area contributed by atoms with Crippen molar-refractivity contribution in [3.05, 3.63) is 69.8 Å². The molecule has 0 bridgehead atoms. The normalized spacial score (nSPS) is 9.96. The molecule has 23 heavy (non-hydrogen) atoms. The molecule has 1 amide bonds. The third-order valence-corrected chi connectivity index (χ3v) is 3.02. The number of aryl methyl sites for hydroxylation is 1. The largest absolute Gasteiger partial charge is 0.452 e. The van der Waals surface area contributed by atoms with Gasteiger partial charge in [0, 0.05) is 17.3 Å². The smallest absolute Gasteiger partial charge is 0.338 e. The summed E-state index contributed by atoms with van der Waals surface area (Å²) in [5.41, 5.74) is 1.02. The monoisotopic (exact) mass is 314 g/mol. The average molecular weight is 314 g/mol. The van der Waals surface area contributed by atoms with Gasteiger partial charge in [-0.15, -0.1) is 0 Å². The fourth-order valence-electron chi connectivity index (χ4n) is 1.92. The number of nitrogens with zero attached hydrogens (tertiary/aromatic N) is 1. The summed E-state index contributed by atoms with van der Waals surface area (Å²) < 4.78 is 4.90. The van der Waals surface area contributed by atoms with Crippen LogP contribution in [0.1, 0.15) is 15.9 Å². The number of amides is 1. The molecule has 7 nitrogen and oxygen atoms in total. The molecule has 2 rings (SSSR count). The number of nitro groups is 1. The Balaban J connectivity index is 1.93. The van der Waals surface area contributed by atoms with Crippen molar-refractivity contribution in [2.45, 2.75) is 6.92 Å². The lowest BCUT2D eigenvalue weighted by Crippen LogP contribution is -2.20. The van der Waals surface area contributed by atoms with Gasteiger partial charge in [0.05, 0.1) is 10.5 Å². The Morgan fingerprint density at radius 2 is 1.87 bits per heavy atom. The molecule has 7 heteroatoms. The number of hydrogen-bond donors (Lipinski definition) is 1. The Bertz CT molecular complexity index is 743. The Morgan fingerprint density at radius 3 is 2.48 bits per heavy atom. The molecule has 0 spiro atoms. The van der Waals surface area contributed by atoms with E-state index in [0.29, 0.717) is 11.3 Å². The van der Waals surface area contributed by atoms with Crippen LogP contribution >= 0.6 is 0 Å². The second-order valence-corrected chi connectivity index (χ2v) is 4.75. The molecular formula is C16H14N2O5. The predicted molar refractivity (Wildman–Crippen MR) is 83.2 cm³/mol. The van der Waals surface area contributed by atoms with E-state index in [-0.39, 0.29) is 11.3 Å². The van der Waals surface area contributed by atoms with Crippen molar-refractivity contribution in [3.8, 4) is 0 Å². The molecule has 2 aromatic carbocycles. The van der Waals surface area contributed by atoms with E-state index in [1.165, 1.54) is 25.1 Å². The van der Waals surface area contributed by atoms with Gasteiger partial charge in [-0.2, -0.15) is 0 Å². The van der Waals surface area contributed by atoms with E-state index in [1.807, 2.05) is 6.07 Å². The quantitative estimate of drug-likeness (QED) is 0.519. The van der Waals surface area contributed by atoms with E-state index in [9.17, 15) is 19.7 Å². The highest BCUT2D eigenvalue weighted by molar-refractivity contribution is 5.95. The lowest BCUT2D eigenvalue weighted by molar-refractivity contribution is -0.385. The molecule has 0 heterocycles. The average Bonchev–Trinajstić information content (AvgIpc) is 2.53. The molecule has 0 aliphatic heterocycles. The zero-order valence-electron chi connectivity index (χ0n) is 12.3. The van der Waals surface area contributed by atoms with Crippen LogP contribution in [0.4, 0.5) is 11.4 Å². The van der Waals surface area contributed by atoms with Crippen molar-refractivity contribution in [1.29, 1.82) is 0 Å². The van der Waals surface area contributed by atoms with E-state index in [1.54, 1.807) is 24.3 Å². The van der Waals surface area contributed by atoms with Gasteiger partial charge < -0.3 is 10.1 Å². The maximum absolute atomic E-state index is 11.9. The van der Waals surface area contributed by atoms with Crippen molar-refractivity contribution in [2.75, 3.05) is 11.9 Å². The minimum absolute atomic E-state index is 0.0802. The number of anilines is 1. The zero-order chi connectivity index (χ0) is 16.8. The molecule has 0 unspecified atom stereocenters. The van der Waals surface area contributed by atoms with Gasteiger partial charge in [-0.25, -0.2) is 4.79 Å². The van der Waals surface area contributed by atoms with Gasteiger partial charge >= 0.3 is 5.97 Å². The molecule has 118 valence electrons. The summed E-state index contributed by atoms with van der Waals surface area (Å²) in [5, 5.41) is 13.3. The van der Waals surface area contributed by atoms with Crippen molar-refractivity contribution < 1.29 is 19.2 Å². The molecular weight excluding hydrogens is 300 g/mol. The van der Waals surface area contributed by atoms with E-state index < -0.39 is 23.4 Å². The number of ether oxygens (including phenoxy) is 1. The summed E-state index contributed by atoms with van der Waals surface area (Å²) in [4.78, 5) is 33.7. The second-order valence-electron chi connectivity index (χ2n) is 4.75. The maximum atomic E-state index is 11.9. The number of para-hydroxylation sites is 1. The van der Waals surface area contributed by atoms with Crippen LogP contribution in [0, 0.1) is 17.0 Å². The number of esters is 1. The highest BCUT2D eigenvalue weighted by Crippen LogP contribution is 2.19. The Hall–Kier alpha value is -3.22. The minimum Gasteiger partial charge on any atom is -0.452 e. The van der Waals surface area contributed by atoms with Gasteiger partial charge in [0.2, 0.25) is 0 Å². The first kappa shape index (κ1) is 16.2. The lowest BCUT2D eigenvalue weighted by atomic mass is 10.1. The van der Waals surface area contributed by atoms with E-state index in [4.69, 9.17) is 4.74 Å². The van der Waals surface area contributed by atoms with Gasteiger partial charge in [-0.1, -0.05) is 18.2 Å². The number of nitrogens with one attached hydrogen (secondary N) is 1. The van der Waals surface area contributed by atoms with Crippen LogP contribution in [0.25, 0.3) is 0 Å². The molecule has 0 atom stereocenters. The second kappa shape index (κ2) is 7.17. The number of benzene rings is 2. The van der Waals surface area contributed by atoms with Crippen molar-refractivity contribution in [1.82, 2.24) is 0 Å². The maximum Gasteiger partial charge on any atom is 0.338 e. The van der Waals surface area contributed by atoms with Crippen LogP contribution in [-0.4, -0.2) is 23.4 Å². The van der Waals surface area contributed by atoms with Crippen LogP contribution in [0.3, 0.4) is 0 Å². The molecule has 0 saturated carbocycles. The van der Waals surface area contributed by atoms with E-state index in [2.05, 4.69) is 5.32 Å². The van der Waals surface area contributed by atoms with E-state index >= 15 is 0 Å². The molecule has 1 N–H and O–H groups in total. The molecule has 0 aromatic heterocycles. The summed E-state index contributed by atoms with van der Waals surface area (Å²) in [6.07, 6.45) is 0. The van der Waals surface area contributed by atoms with Crippen LogP contribution in [-0.2, 0) is 9.53 Å². The zero-order valence-corrected chi connectivity index (χ0v) is 12.3. The fourth-order valence-corrected chi connectivity index (χ4v) is 1.92. The summed E-state index contributed by atoms with van der Waals surface area (Å²) in [7, 11) is 0. The third-order valence-electron chi connectivity index (χ3n) is 3.02. The fraction of sp³-hybridized carbons (Fsp3) is 0.125. The van der Waals surface area contributed by atoms with Gasteiger partial charge in [0.25, 0.3) is 11.6 Å². The highest BCUT2D eigenvalue weighted by atomic mass is 16.6. The van der Waals surface area contributed by atoms with Crippen molar-refractivity contribution in [2.24, 2.45) is 0 Å². The van der Waals surface area contributed by atoms with Crippen LogP contribution in [0.5, 0.6) is 0 Å². The first-order chi connectivity index (χ1) is 11.0. The standard InChI is InChI=1S/C16H14N2O5/c1-11-9-12(7-8-14(11)18(21)22)16(20)23-10-15(19)17-13-5-3-2-4-6-13/h2-9H,10H2,1H3,(H,17,19). The SMILES string of the molecule is Cc1cc(C(=O)OCC(=O)Nc2ccccc2)ccc1[N+](=O)[O-]. The summed E-state index contributed by atoms with van der Waals surface area (Å²) in [6.45, 7) is 1.08. The van der Waals surface area contributed by atoms with Gasteiger partial charge in [0.1, 0.15) is 0 Å². The number of carbonyl (C=O) groups is 2. The summed E-state index contributed by atoms with van der Waals surface area (Å²) in [6, 6.07) is 12.6. The predicted octanol–water partition coefficient (Wildman–Crippen LogP) is 2.70. The molecule has 0 saturated heterocycles. The first-order valence-corrected chi connectivity index (χ1v) is 6.74. The molecule has 0 aliphatic carbocycles. The topological polar surface area (TPSA) is 98.5 Å². The Labute approximate surface area is 132 Å².